The molecule has 0 heterocycles. The molecule has 1 aromatic carbocycles. The van der Waals surface area contributed by atoms with E-state index < -0.39 is 5.60 Å². The van der Waals surface area contributed by atoms with E-state index in [4.69, 9.17) is 4.74 Å². The highest BCUT2D eigenvalue weighted by atomic mass is 16.6. The van der Waals surface area contributed by atoms with Gasteiger partial charge in [-0.1, -0.05) is 24.3 Å². The van der Waals surface area contributed by atoms with Gasteiger partial charge in [-0.2, -0.15) is 0 Å². The first-order chi connectivity index (χ1) is 10.8. The van der Waals surface area contributed by atoms with Gasteiger partial charge in [0.25, 0.3) is 0 Å². The van der Waals surface area contributed by atoms with Crippen molar-refractivity contribution in [1.29, 1.82) is 0 Å². The Kier molecular flexibility index (Phi) is 6.05. The third kappa shape index (κ3) is 6.61. The van der Waals surface area contributed by atoms with Crippen LogP contribution in [0.2, 0.25) is 0 Å². The molecule has 0 spiro atoms. The van der Waals surface area contributed by atoms with Gasteiger partial charge in [-0.3, -0.25) is 0 Å². The molecule has 0 aliphatic heterocycles. The van der Waals surface area contributed by atoms with Crippen molar-refractivity contribution in [2.75, 3.05) is 6.54 Å². The Morgan fingerprint density at radius 1 is 1.30 bits per heavy atom. The Hall–Kier alpha value is -1.55. The van der Waals surface area contributed by atoms with Crippen molar-refractivity contribution in [2.45, 2.75) is 71.1 Å². The van der Waals surface area contributed by atoms with Crippen molar-refractivity contribution < 1.29 is 9.53 Å². The molecule has 1 unspecified atom stereocenters. The summed E-state index contributed by atoms with van der Waals surface area (Å²) >= 11 is 0. The molecule has 4 nitrogen and oxygen atoms in total. The summed E-state index contributed by atoms with van der Waals surface area (Å²) in [4.78, 5) is 11.7. The van der Waals surface area contributed by atoms with E-state index in [1.54, 1.807) is 0 Å². The Morgan fingerprint density at radius 3 is 2.65 bits per heavy atom. The van der Waals surface area contributed by atoms with Crippen LogP contribution >= 0.6 is 0 Å². The highest BCUT2D eigenvalue weighted by Gasteiger charge is 2.25. The maximum atomic E-state index is 11.7. The predicted molar refractivity (Wildman–Crippen MR) is 93.6 cm³/mol. The van der Waals surface area contributed by atoms with Gasteiger partial charge in [-0.05, 0) is 70.5 Å². The fourth-order valence-electron chi connectivity index (χ4n) is 2.61. The molecule has 0 radical (unpaired) electrons. The molecule has 0 aromatic heterocycles. The van der Waals surface area contributed by atoms with Crippen molar-refractivity contribution in [1.82, 2.24) is 10.6 Å². The van der Waals surface area contributed by atoms with Crippen LogP contribution in [-0.2, 0) is 11.3 Å². The zero-order valence-electron chi connectivity index (χ0n) is 14.8. The summed E-state index contributed by atoms with van der Waals surface area (Å²) in [7, 11) is 0. The molecule has 1 aromatic rings. The fraction of sp³-hybridized carbons (Fsp3) is 0.632. The van der Waals surface area contributed by atoms with Gasteiger partial charge in [-0.25, -0.2) is 4.79 Å². The Morgan fingerprint density at radius 2 is 2.00 bits per heavy atom. The molecule has 0 bridgehead atoms. The quantitative estimate of drug-likeness (QED) is 0.748. The zero-order chi connectivity index (χ0) is 16.9. The molecule has 1 aliphatic rings. The van der Waals surface area contributed by atoms with Crippen LogP contribution in [0.1, 0.15) is 64.0 Å². The number of hydrogen-bond donors (Lipinski definition) is 2. The molecule has 128 valence electrons. The number of nitrogens with one attached hydrogen (secondary N) is 2. The molecule has 0 saturated heterocycles. The van der Waals surface area contributed by atoms with Gasteiger partial charge in [0.05, 0.1) is 0 Å². The SMILES string of the molecule is CC(CCNCc1ccccc1C1CC1)NC(=O)OC(C)(C)C. The zero-order valence-corrected chi connectivity index (χ0v) is 14.8. The second kappa shape index (κ2) is 7.82. The van der Waals surface area contributed by atoms with E-state index in [1.807, 2.05) is 27.7 Å². The number of carbonyl (C=O) groups is 1. The maximum Gasteiger partial charge on any atom is 0.407 e. The summed E-state index contributed by atoms with van der Waals surface area (Å²) in [6.45, 7) is 9.38. The molecule has 1 aliphatic carbocycles. The number of hydrogen-bond acceptors (Lipinski definition) is 3. The summed E-state index contributed by atoms with van der Waals surface area (Å²) < 4.78 is 5.26. The lowest BCUT2D eigenvalue weighted by Gasteiger charge is -2.22. The highest BCUT2D eigenvalue weighted by molar-refractivity contribution is 5.67. The molecule has 1 fully saturated rings. The largest absolute Gasteiger partial charge is 0.444 e. The van der Waals surface area contributed by atoms with Gasteiger partial charge < -0.3 is 15.4 Å². The van der Waals surface area contributed by atoms with Gasteiger partial charge in [0.1, 0.15) is 5.60 Å². The van der Waals surface area contributed by atoms with Crippen molar-refractivity contribution >= 4 is 6.09 Å². The number of carbonyl (C=O) groups excluding carboxylic acids is 1. The summed E-state index contributed by atoms with van der Waals surface area (Å²) in [6, 6.07) is 8.79. The molecule has 1 atom stereocenters. The van der Waals surface area contributed by atoms with E-state index in [-0.39, 0.29) is 12.1 Å². The molecule has 1 saturated carbocycles. The summed E-state index contributed by atoms with van der Waals surface area (Å²) in [5, 5.41) is 6.36. The van der Waals surface area contributed by atoms with E-state index >= 15 is 0 Å². The monoisotopic (exact) mass is 318 g/mol. The van der Waals surface area contributed by atoms with Crippen LogP contribution < -0.4 is 10.6 Å². The van der Waals surface area contributed by atoms with E-state index in [0.717, 1.165) is 25.4 Å². The van der Waals surface area contributed by atoms with Crippen LogP contribution in [0, 0.1) is 0 Å². The van der Waals surface area contributed by atoms with Crippen molar-refractivity contribution in [3.8, 4) is 0 Å². The van der Waals surface area contributed by atoms with Crippen molar-refractivity contribution in [3.63, 3.8) is 0 Å². The predicted octanol–water partition coefficient (Wildman–Crippen LogP) is 3.96. The molecule has 1 amide bonds. The second-order valence-electron chi connectivity index (χ2n) is 7.49. The minimum Gasteiger partial charge on any atom is -0.444 e. The first-order valence-electron chi connectivity index (χ1n) is 8.63. The summed E-state index contributed by atoms with van der Waals surface area (Å²) in [6.07, 6.45) is 3.19. The van der Waals surface area contributed by atoms with Crippen LogP contribution in [0.4, 0.5) is 4.79 Å². The van der Waals surface area contributed by atoms with Crippen molar-refractivity contribution in [3.05, 3.63) is 35.4 Å². The smallest absolute Gasteiger partial charge is 0.407 e. The number of rotatable bonds is 7. The average molecular weight is 318 g/mol. The van der Waals surface area contributed by atoms with Crippen LogP contribution in [0.25, 0.3) is 0 Å². The number of amides is 1. The normalized spacial score (nSPS) is 16.0. The number of alkyl carbamates (subject to hydrolysis) is 1. The van der Waals surface area contributed by atoms with Crippen LogP contribution in [-0.4, -0.2) is 24.3 Å². The van der Waals surface area contributed by atoms with Gasteiger partial charge >= 0.3 is 6.09 Å². The molecular formula is C19H30N2O2. The van der Waals surface area contributed by atoms with E-state index in [0.29, 0.717) is 0 Å². The third-order valence-corrected chi connectivity index (χ3v) is 3.90. The van der Waals surface area contributed by atoms with Crippen LogP contribution in [0.5, 0.6) is 0 Å². The second-order valence-corrected chi connectivity index (χ2v) is 7.49. The molecule has 2 N–H and O–H groups in total. The third-order valence-electron chi connectivity index (χ3n) is 3.90. The van der Waals surface area contributed by atoms with Gasteiger partial charge in [0, 0.05) is 12.6 Å². The lowest BCUT2D eigenvalue weighted by molar-refractivity contribution is 0.0506. The Balaban J connectivity index is 1.66. The molecule has 4 heteroatoms. The fourth-order valence-corrected chi connectivity index (χ4v) is 2.61. The van der Waals surface area contributed by atoms with Gasteiger partial charge in [0.2, 0.25) is 0 Å². The average Bonchev–Trinajstić information content (AvgIpc) is 3.26. The first-order valence-corrected chi connectivity index (χ1v) is 8.63. The molecule has 2 rings (SSSR count). The van der Waals surface area contributed by atoms with E-state index in [1.165, 1.54) is 24.0 Å². The van der Waals surface area contributed by atoms with E-state index in [9.17, 15) is 4.79 Å². The van der Waals surface area contributed by atoms with Crippen LogP contribution in [0.3, 0.4) is 0 Å². The molecule has 23 heavy (non-hydrogen) atoms. The number of ether oxygens (including phenoxy) is 1. The summed E-state index contributed by atoms with van der Waals surface area (Å²) in [5.41, 5.74) is 2.46. The maximum absolute atomic E-state index is 11.7. The number of benzene rings is 1. The highest BCUT2D eigenvalue weighted by Crippen LogP contribution is 2.41. The lowest BCUT2D eigenvalue weighted by atomic mass is 10.0. The Bertz CT molecular complexity index is 518. The summed E-state index contributed by atoms with van der Waals surface area (Å²) in [5.74, 6) is 0.778. The topological polar surface area (TPSA) is 50.4 Å². The minimum absolute atomic E-state index is 0.0935. The van der Waals surface area contributed by atoms with Crippen LogP contribution in [0.15, 0.2) is 24.3 Å². The van der Waals surface area contributed by atoms with Gasteiger partial charge in [-0.15, -0.1) is 0 Å². The van der Waals surface area contributed by atoms with Crippen molar-refractivity contribution in [2.24, 2.45) is 0 Å². The molecular weight excluding hydrogens is 288 g/mol. The van der Waals surface area contributed by atoms with E-state index in [2.05, 4.69) is 34.9 Å². The lowest BCUT2D eigenvalue weighted by Crippen LogP contribution is -2.38. The first kappa shape index (κ1) is 17.8. The van der Waals surface area contributed by atoms with Gasteiger partial charge in [0.15, 0.2) is 0 Å². The Labute approximate surface area is 140 Å². The standard InChI is InChI=1S/C19H30N2O2/c1-14(21-18(22)23-19(2,3)4)11-12-20-13-16-7-5-6-8-17(16)15-9-10-15/h5-8,14-15,20H,9-13H2,1-4H3,(H,21,22). The minimum atomic E-state index is -0.450.